The summed E-state index contributed by atoms with van der Waals surface area (Å²) in [5.41, 5.74) is 0.0605. The second kappa shape index (κ2) is 9.78. The van der Waals surface area contributed by atoms with Gasteiger partial charge in [0.15, 0.2) is 11.6 Å². The third-order valence-corrected chi connectivity index (χ3v) is 5.52. The van der Waals surface area contributed by atoms with Crippen molar-refractivity contribution in [2.75, 3.05) is 10.6 Å². The van der Waals surface area contributed by atoms with Crippen molar-refractivity contribution in [2.24, 2.45) is 0 Å². The van der Waals surface area contributed by atoms with Crippen LogP contribution in [0.4, 0.5) is 29.3 Å². The average Bonchev–Trinajstić information content (AvgIpc) is 3.31. The standard InChI is InChI=1S/C25H16ClF3N6O2/c26-18-6-2-4-8-20(18)37-21-13-14-30-35-22(33-34-23(21)35)15-9-11-16(12-10-15)31-24(36)32-19-7-3-1-5-17(19)25(27,28)29/h1-14H,(H2,31,32,36). The number of halogens is 4. The first-order chi connectivity index (χ1) is 17.8. The van der Waals surface area contributed by atoms with Crippen molar-refractivity contribution in [1.82, 2.24) is 19.8 Å². The maximum Gasteiger partial charge on any atom is 0.418 e. The third-order valence-electron chi connectivity index (χ3n) is 5.21. The van der Waals surface area contributed by atoms with Gasteiger partial charge in [0, 0.05) is 17.3 Å². The van der Waals surface area contributed by atoms with Crippen LogP contribution in [0.1, 0.15) is 5.56 Å². The molecule has 2 N–H and O–H groups in total. The van der Waals surface area contributed by atoms with Crippen molar-refractivity contribution in [3.63, 3.8) is 0 Å². The molecule has 0 fully saturated rings. The van der Waals surface area contributed by atoms with Gasteiger partial charge in [0.25, 0.3) is 0 Å². The average molecular weight is 525 g/mol. The first-order valence-corrected chi connectivity index (χ1v) is 11.1. The van der Waals surface area contributed by atoms with Crippen LogP contribution in [0, 0.1) is 0 Å². The Morgan fingerprint density at radius 2 is 1.59 bits per heavy atom. The molecule has 2 heterocycles. The third kappa shape index (κ3) is 5.16. The van der Waals surface area contributed by atoms with Crippen molar-refractivity contribution >= 4 is 34.7 Å². The SMILES string of the molecule is O=C(Nc1ccc(-c2nnc3c(Oc4ccccc4Cl)ccnn23)cc1)Nc1ccccc1C(F)(F)F. The number of urea groups is 1. The second-order valence-electron chi connectivity index (χ2n) is 7.69. The van der Waals surface area contributed by atoms with Crippen LogP contribution in [-0.4, -0.2) is 25.8 Å². The Morgan fingerprint density at radius 1 is 0.865 bits per heavy atom. The fraction of sp³-hybridized carbons (Fsp3) is 0.0400. The van der Waals surface area contributed by atoms with Gasteiger partial charge in [0.1, 0.15) is 5.75 Å². The maximum absolute atomic E-state index is 13.2. The predicted octanol–water partition coefficient (Wildman–Crippen LogP) is 6.90. The number of para-hydroxylation sites is 2. The van der Waals surface area contributed by atoms with Gasteiger partial charge in [0.2, 0.25) is 5.65 Å². The fourth-order valence-electron chi connectivity index (χ4n) is 3.52. The van der Waals surface area contributed by atoms with Crippen LogP contribution < -0.4 is 15.4 Å². The normalized spacial score (nSPS) is 11.4. The van der Waals surface area contributed by atoms with Gasteiger partial charge in [-0.3, -0.25) is 0 Å². The van der Waals surface area contributed by atoms with Crippen molar-refractivity contribution < 1.29 is 22.7 Å². The van der Waals surface area contributed by atoms with Crippen LogP contribution in [0.3, 0.4) is 0 Å². The van der Waals surface area contributed by atoms with Gasteiger partial charge in [0.05, 0.1) is 22.5 Å². The van der Waals surface area contributed by atoms with E-state index in [2.05, 4.69) is 25.9 Å². The van der Waals surface area contributed by atoms with Crippen LogP contribution >= 0.6 is 11.6 Å². The Labute approximate surface area is 212 Å². The maximum atomic E-state index is 13.2. The number of ether oxygens (including phenoxy) is 1. The lowest BCUT2D eigenvalue weighted by Crippen LogP contribution is -2.21. The van der Waals surface area contributed by atoms with E-state index in [9.17, 15) is 18.0 Å². The number of anilines is 2. The molecule has 2 amide bonds. The van der Waals surface area contributed by atoms with E-state index < -0.39 is 17.8 Å². The minimum absolute atomic E-state index is 0.347. The molecular formula is C25H16ClF3N6O2. The first kappa shape index (κ1) is 24.1. The highest BCUT2D eigenvalue weighted by atomic mass is 35.5. The highest BCUT2D eigenvalue weighted by molar-refractivity contribution is 6.32. The Balaban J connectivity index is 1.33. The van der Waals surface area contributed by atoms with Crippen molar-refractivity contribution in [3.05, 3.63) is 95.6 Å². The van der Waals surface area contributed by atoms with Gasteiger partial charge >= 0.3 is 12.2 Å². The summed E-state index contributed by atoms with van der Waals surface area (Å²) in [6.07, 6.45) is -3.07. The van der Waals surface area contributed by atoms with Crippen molar-refractivity contribution in [1.29, 1.82) is 0 Å². The summed E-state index contributed by atoms with van der Waals surface area (Å²) in [5.74, 6) is 1.26. The molecule has 0 bridgehead atoms. The van der Waals surface area contributed by atoms with E-state index in [1.165, 1.54) is 28.9 Å². The molecule has 0 spiro atoms. The van der Waals surface area contributed by atoms with Crippen molar-refractivity contribution in [3.8, 4) is 22.9 Å². The molecule has 5 rings (SSSR count). The molecule has 0 saturated carbocycles. The molecular weight excluding hydrogens is 509 g/mol. The number of amides is 2. The lowest BCUT2D eigenvalue weighted by Gasteiger charge is -2.14. The van der Waals surface area contributed by atoms with Crippen LogP contribution in [0.5, 0.6) is 11.5 Å². The van der Waals surface area contributed by atoms with E-state index >= 15 is 0 Å². The van der Waals surface area contributed by atoms with E-state index in [1.54, 1.807) is 54.6 Å². The molecule has 0 saturated heterocycles. The van der Waals surface area contributed by atoms with Gasteiger partial charge in [-0.05, 0) is 48.5 Å². The van der Waals surface area contributed by atoms with Crippen LogP contribution in [0.15, 0.2) is 85.1 Å². The quantitative estimate of drug-likeness (QED) is 0.261. The molecule has 0 aliphatic rings. The van der Waals surface area contributed by atoms with Gasteiger partial charge in [-0.25, -0.2) is 4.79 Å². The number of nitrogens with zero attached hydrogens (tertiary/aromatic N) is 4. The molecule has 0 radical (unpaired) electrons. The molecule has 0 aliphatic heterocycles. The van der Waals surface area contributed by atoms with Crippen LogP contribution in [-0.2, 0) is 6.18 Å². The number of nitrogens with one attached hydrogen (secondary N) is 2. The second-order valence-corrected chi connectivity index (χ2v) is 8.09. The van der Waals surface area contributed by atoms with E-state index in [-0.39, 0.29) is 5.69 Å². The summed E-state index contributed by atoms with van der Waals surface area (Å²) in [6, 6.07) is 19.0. The van der Waals surface area contributed by atoms with Gasteiger partial charge in [-0.15, -0.1) is 10.2 Å². The summed E-state index contributed by atoms with van der Waals surface area (Å²) < 4.78 is 46.9. The molecule has 2 aromatic heterocycles. The first-order valence-electron chi connectivity index (χ1n) is 10.8. The highest BCUT2D eigenvalue weighted by Crippen LogP contribution is 2.35. The number of benzene rings is 3. The van der Waals surface area contributed by atoms with E-state index in [1.807, 2.05) is 0 Å². The molecule has 8 nitrogen and oxygen atoms in total. The van der Waals surface area contributed by atoms with E-state index in [4.69, 9.17) is 16.3 Å². The zero-order valence-corrected chi connectivity index (χ0v) is 19.5. The topological polar surface area (TPSA) is 93.4 Å². The lowest BCUT2D eigenvalue weighted by atomic mass is 10.1. The zero-order valence-electron chi connectivity index (χ0n) is 18.7. The number of carbonyl (C=O) groups excluding carboxylic acids is 1. The fourth-order valence-corrected chi connectivity index (χ4v) is 3.69. The smallest absolute Gasteiger partial charge is 0.418 e. The molecule has 37 heavy (non-hydrogen) atoms. The number of hydrogen-bond donors (Lipinski definition) is 2. The number of carbonyl (C=O) groups is 1. The van der Waals surface area contributed by atoms with Crippen molar-refractivity contribution in [2.45, 2.75) is 6.18 Å². The Kier molecular flexibility index (Phi) is 6.36. The summed E-state index contributed by atoms with van der Waals surface area (Å²) >= 11 is 6.18. The molecule has 12 heteroatoms. The molecule has 186 valence electrons. The Morgan fingerprint density at radius 3 is 2.35 bits per heavy atom. The Hall–Kier alpha value is -4.64. The number of aromatic nitrogens is 4. The number of rotatable bonds is 5. The minimum Gasteiger partial charge on any atom is -0.452 e. The van der Waals surface area contributed by atoms with E-state index in [0.717, 1.165) is 6.07 Å². The monoisotopic (exact) mass is 524 g/mol. The summed E-state index contributed by atoms with van der Waals surface area (Å²) in [7, 11) is 0. The lowest BCUT2D eigenvalue weighted by molar-refractivity contribution is -0.136. The number of hydrogen-bond acceptors (Lipinski definition) is 5. The predicted molar refractivity (Wildman–Crippen MR) is 132 cm³/mol. The molecule has 0 atom stereocenters. The van der Waals surface area contributed by atoms with Gasteiger partial charge < -0.3 is 15.4 Å². The summed E-state index contributed by atoms with van der Waals surface area (Å²) in [5, 5.41) is 17.9. The molecule has 0 aliphatic carbocycles. The van der Waals surface area contributed by atoms with Crippen LogP contribution in [0.2, 0.25) is 5.02 Å². The van der Waals surface area contributed by atoms with Crippen LogP contribution in [0.25, 0.3) is 17.0 Å². The number of alkyl halides is 3. The highest BCUT2D eigenvalue weighted by Gasteiger charge is 2.33. The molecule has 3 aromatic carbocycles. The zero-order chi connectivity index (χ0) is 26.0. The van der Waals surface area contributed by atoms with Gasteiger partial charge in [-0.1, -0.05) is 35.9 Å². The molecule has 0 unspecified atom stereocenters. The number of fused-ring (bicyclic) bond motifs is 1. The minimum atomic E-state index is -4.60. The largest absolute Gasteiger partial charge is 0.452 e. The summed E-state index contributed by atoms with van der Waals surface area (Å²) in [6.45, 7) is 0. The van der Waals surface area contributed by atoms with Gasteiger partial charge in [-0.2, -0.15) is 22.8 Å². The molecule has 5 aromatic rings. The summed E-state index contributed by atoms with van der Waals surface area (Å²) in [4.78, 5) is 12.3. The Bertz CT molecular complexity index is 1590. The van der Waals surface area contributed by atoms with E-state index in [0.29, 0.717) is 39.2 Å².